The van der Waals surface area contributed by atoms with E-state index in [-0.39, 0.29) is 11.3 Å². The summed E-state index contributed by atoms with van der Waals surface area (Å²) in [4.78, 5) is 2.43. The van der Waals surface area contributed by atoms with Crippen LogP contribution in [0.2, 0.25) is 0 Å². The van der Waals surface area contributed by atoms with Gasteiger partial charge in [-0.3, -0.25) is 4.90 Å². The largest absolute Gasteiger partial charge is 0.346 e. The first-order valence-electron chi connectivity index (χ1n) is 5.05. The van der Waals surface area contributed by atoms with Crippen molar-refractivity contribution in [2.75, 3.05) is 26.3 Å². The Morgan fingerprint density at radius 3 is 2.23 bits per heavy atom. The fourth-order valence-electron chi connectivity index (χ4n) is 2.06. The summed E-state index contributed by atoms with van der Waals surface area (Å²) in [6.07, 6.45) is 1.02. The average Bonchev–Trinajstić information content (AvgIpc) is 2.60. The van der Waals surface area contributed by atoms with Crippen molar-refractivity contribution < 1.29 is 9.47 Å². The maximum Gasteiger partial charge on any atom is 0.182 e. The van der Waals surface area contributed by atoms with Gasteiger partial charge in [0.15, 0.2) is 5.79 Å². The van der Waals surface area contributed by atoms with Crippen LogP contribution in [0.3, 0.4) is 0 Å². The number of hydrogen-bond donors (Lipinski definition) is 0. The van der Waals surface area contributed by atoms with E-state index in [0.717, 1.165) is 32.7 Å². The van der Waals surface area contributed by atoms with Crippen molar-refractivity contribution >= 4 is 0 Å². The molecule has 2 heterocycles. The zero-order valence-electron chi connectivity index (χ0n) is 8.80. The summed E-state index contributed by atoms with van der Waals surface area (Å²) < 4.78 is 11.3. The predicted octanol–water partition coefficient (Wildman–Crippen LogP) is 1.23. The monoisotopic (exact) mass is 185 g/mol. The fourth-order valence-corrected chi connectivity index (χ4v) is 2.06. The summed E-state index contributed by atoms with van der Waals surface area (Å²) in [5.41, 5.74) is 0.235. The molecule has 2 aliphatic rings. The van der Waals surface area contributed by atoms with Crippen LogP contribution in [0.25, 0.3) is 0 Å². The Morgan fingerprint density at radius 2 is 1.77 bits per heavy atom. The van der Waals surface area contributed by atoms with E-state index >= 15 is 0 Å². The van der Waals surface area contributed by atoms with E-state index in [0.29, 0.717) is 0 Å². The van der Waals surface area contributed by atoms with Gasteiger partial charge in [-0.15, -0.1) is 0 Å². The molecule has 2 fully saturated rings. The molecule has 0 saturated carbocycles. The zero-order valence-corrected chi connectivity index (χ0v) is 8.80. The molecule has 0 atom stereocenters. The molecule has 0 N–H and O–H groups in total. The minimum Gasteiger partial charge on any atom is -0.346 e. The summed E-state index contributed by atoms with van der Waals surface area (Å²) in [5, 5.41) is 0. The molecule has 3 nitrogen and oxygen atoms in total. The zero-order chi connectivity index (χ0) is 9.53. The molecule has 2 saturated heterocycles. The summed E-state index contributed by atoms with van der Waals surface area (Å²) >= 11 is 0. The minimum atomic E-state index is -0.257. The summed E-state index contributed by atoms with van der Waals surface area (Å²) in [6.45, 7) is 10.2. The van der Waals surface area contributed by atoms with Crippen molar-refractivity contribution in [2.45, 2.75) is 38.5 Å². The smallest absolute Gasteiger partial charge is 0.182 e. The molecule has 0 aromatic heterocycles. The first-order valence-corrected chi connectivity index (χ1v) is 5.05. The number of nitrogens with zero attached hydrogens (tertiary/aromatic N) is 1. The van der Waals surface area contributed by atoms with Crippen LogP contribution in [-0.2, 0) is 9.47 Å². The van der Waals surface area contributed by atoms with Crippen molar-refractivity contribution in [2.24, 2.45) is 0 Å². The Labute approximate surface area is 80.0 Å². The van der Waals surface area contributed by atoms with Crippen LogP contribution >= 0.6 is 0 Å². The number of hydrogen-bond acceptors (Lipinski definition) is 3. The van der Waals surface area contributed by atoms with Crippen molar-refractivity contribution in [3.8, 4) is 0 Å². The van der Waals surface area contributed by atoms with Crippen LogP contribution in [0.15, 0.2) is 0 Å². The van der Waals surface area contributed by atoms with Crippen LogP contribution in [0, 0.1) is 0 Å². The van der Waals surface area contributed by atoms with Crippen molar-refractivity contribution in [1.29, 1.82) is 0 Å². The maximum atomic E-state index is 5.66. The quantitative estimate of drug-likeness (QED) is 0.566. The Kier molecular flexibility index (Phi) is 2.13. The second-order valence-corrected chi connectivity index (χ2v) is 4.95. The summed E-state index contributed by atoms with van der Waals surface area (Å²) in [7, 11) is 0. The second-order valence-electron chi connectivity index (χ2n) is 4.95. The van der Waals surface area contributed by atoms with Gasteiger partial charge in [-0.1, -0.05) is 0 Å². The summed E-state index contributed by atoms with van der Waals surface area (Å²) in [5.74, 6) is -0.257. The van der Waals surface area contributed by atoms with Crippen LogP contribution < -0.4 is 0 Å². The van der Waals surface area contributed by atoms with Crippen LogP contribution in [0.4, 0.5) is 0 Å². The lowest BCUT2D eigenvalue weighted by molar-refractivity contribution is -0.148. The Hall–Kier alpha value is -0.120. The van der Waals surface area contributed by atoms with Crippen LogP contribution in [0.5, 0.6) is 0 Å². The Balaban J connectivity index is 2.01. The van der Waals surface area contributed by atoms with E-state index in [2.05, 4.69) is 25.7 Å². The van der Waals surface area contributed by atoms with Gasteiger partial charge in [0.2, 0.25) is 0 Å². The van der Waals surface area contributed by atoms with Crippen molar-refractivity contribution in [3.05, 3.63) is 0 Å². The summed E-state index contributed by atoms with van der Waals surface area (Å²) in [6, 6.07) is 0. The highest BCUT2D eigenvalue weighted by atomic mass is 16.7. The topological polar surface area (TPSA) is 21.7 Å². The SMILES string of the molecule is CC(C)(C)N1CCC2(C1)OCCO2. The third-order valence-electron chi connectivity index (χ3n) is 2.96. The molecule has 0 aliphatic carbocycles. The Morgan fingerprint density at radius 1 is 1.15 bits per heavy atom. The first-order chi connectivity index (χ1) is 6.02. The van der Waals surface area contributed by atoms with E-state index < -0.39 is 0 Å². The van der Waals surface area contributed by atoms with E-state index in [1.165, 1.54) is 0 Å². The van der Waals surface area contributed by atoms with Crippen LogP contribution in [-0.4, -0.2) is 42.5 Å². The highest BCUT2D eigenvalue weighted by Crippen LogP contribution is 2.33. The lowest BCUT2D eigenvalue weighted by Crippen LogP contribution is -2.43. The third-order valence-corrected chi connectivity index (χ3v) is 2.96. The minimum absolute atomic E-state index is 0.235. The van der Waals surface area contributed by atoms with E-state index in [9.17, 15) is 0 Å². The van der Waals surface area contributed by atoms with Gasteiger partial charge in [0.05, 0.1) is 19.8 Å². The lowest BCUT2D eigenvalue weighted by Gasteiger charge is -2.32. The van der Waals surface area contributed by atoms with Crippen molar-refractivity contribution in [3.63, 3.8) is 0 Å². The average molecular weight is 185 g/mol. The standard InChI is InChI=1S/C10H19NO2/c1-9(2,3)11-5-4-10(8-11)12-6-7-13-10/h4-8H2,1-3H3. The predicted molar refractivity (Wildman–Crippen MR) is 50.6 cm³/mol. The molecule has 3 heteroatoms. The molecule has 1 spiro atoms. The second kappa shape index (κ2) is 2.94. The molecule has 0 bridgehead atoms. The van der Waals surface area contributed by atoms with Crippen molar-refractivity contribution in [1.82, 2.24) is 4.90 Å². The highest BCUT2D eigenvalue weighted by Gasteiger charge is 2.45. The maximum absolute atomic E-state index is 5.66. The molecular formula is C10H19NO2. The molecule has 0 unspecified atom stereocenters. The number of likely N-dealkylation sites (tertiary alicyclic amines) is 1. The van der Waals surface area contributed by atoms with Gasteiger partial charge >= 0.3 is 0 Å². The molecule has 0 amide bonds. The molecule has 13 heavy (non-hydrogen) atoms. The van der Waals surface area contributed by atoms with Gasteiger partial charge in [0, 0.05) is 18.5 Å². The van der Waals surface area contributed by atoms with E-state index in [1.54, 1.807) is 0 Å². The molecule has 0 aromatic carbocycles. The lowest BCUT2D eigenvalue weighted by atomic mass is 10.1. The molecular weight excluding hydrogens is 166 g/mol. The van der Waals surface area contributed by atoms with Gasteiger partial charge in [-0.05, 0) is 20.8 Å². The van der Waals surface area contributed by atoms with Gasteiger partial charge in [-0.2, -0.15) is 0 Å². The van der Waals surface area contributed by atoms with Gasteiger partial charge < -0.3 is 9.47 Å². The number of rotatable bonds is 0. The van der Waals surface area contributed by atoms with Crippen LogP contribution in [0.1, 0.15) is 27.2 Å². The molecule has 76 valence electrons. The number of ether oxygens (including phenoxy) is 2. The van der Waals surface area contributed by atoms with E-state index in [4.69, 9.17) is 9.47 Å². The van der Waals surface area contributed by atoms with Gasteiger partial charge in [0.25, 0.3) is 0 Å². The highest BCUT2D eigenvalue weighted by molar-refractivity contribution is 4.91. The third kappa shape index (κ3) is 1.73. The van der Waals surface area contributed by atoms with Gasteiger partial charge in [0.1, 0.15) is 0 Å². The molecule has 0 aromatic rings. The fraction of sp³-hybridized carbons (Fsp3) is 1.00. The molecule has 0 radical (unpaired) electrons. The Bertz CT molecular complexity index is 192. The first kappa shape index (κ1) is 9.44. The molecule has 2 rings (SSSR count). The normalized spacial score (nSPS) is 28.8. The van der Waals surface area contributed by atoms with Gasteiger partial charge in [-0.25, -0.2) is 0 Å². The van der Waals surface area contributed by atoms with E-state index in [1.807, 2.05) is 0 Å². The molecule has 2 aliphatic heterocycles.